The Morgan fingerprint density at radius 1 is 1.26 bits per heavy atom. The summed E-state index contributed by atoms with van der Waals surface area (Å²) in [5.41, 5.74) is 0.512. The molecule has 0 saturated carbocycles. The van der Waals surface area contributed by atoms with Gasteiger partial charge < -0.3 is 9.47 Å². The van der Waals surface area contributed by atoms with Crippen LogP contribution in [-0.4, -0.2) is 21.5 Å². The first-order chi connectivity index (χ1) is 8.67. The molecule has 0 spiro atoms. The number of hydrogen-bond acceptors (Lipinski definition) is 3. The van der Waals surface area contributed by atoms with Gasteiger partial charge in [0.05, 0.1) is 4.75 Å². The summed E-state index contributed by atoms with van der Waals surface area (Å²) >= 11 is 0. The van der Waals surface area contributed by atoms with Gasteiger partial charge in [-0.2, -0.15) is 4.40 Å². The number of benzene rings is 1. The first-order valence-electron chi connectivity index (χ1n) is 5.53. The lowest BCUT2D eigenvalue weighted by Gasteiger charge is -2.12. The van der Waals surface area contributed by atoms with Gasteiger partial charge in [-0.25, -0.2) is 4.21 Å². The molecule has 0 fully saturated rings. The number of fused-ring (bicyclic) bond motifs is 1. The molecule has 4 nitrogen and oxygen atoms in total. The van der Waals surface area contributed by atoms with Crippen molar-refractivity contribution in [1.29, 1.82) is 0 Å². The van der Waals surface area contributed by atoms with E-state index in [2.05, 4.69) is 13.9 Å². The Labute approximate surface area is 112 Å². The van der Waals surface area contributed by atoms with Crippen LogP contribution in [0.5, 0.6) is 11.5 Å². The SMILES string of the molecule is CC(C)(C)[S@@](=O)/N=C/c1ccc2c(c1)OC(F)(F)O2. The first kappa shape index (κ1) is 13.9. The zero-order chi connectivity index (χ0) is 14.3. The second kappa shape index (κ2) is 4.56. The van der Waals surface area contributed by atoms with E-state index < -0.39 is 22.0 Å². The third-order valence-electron chi connectivity index (χ3n) is 2.25. The molecule has 0 radical (unpaired) electrons. The number of halogens is 2. The van der Waals surface area contributed by atoms with Crippen LogP contribution in [0.3, 0.4) is 0 Å². The summed E-state index contributed by atoms with van der Waals surface area (Å²) < 4.78 is 49.3. The lowest BCUT2D eigenvalue weighted by Crippen LogP contribution is -2.25. The van der Waals surface area contributed by atoms with E-state index in [1.807, 2.05) is 0 Å². The Balaban J connectivity index is 2.17. The molecule has 19 heavy (non-hydrogen) atoms. The maximum Gasteiger partial charge on any atom is 0.586 e. The molecule has 0 saturated heterocycles. The van der Waals surface area contributed by atoms with Crippen molar-refractivity contribution in [3.05, 3.63) is 23.8 Å². The average Bonchev–Trinajstić information content (AvgIpc) is 2.57. The van der Waals surface area contributed by atoms with Crippen molar-refractivity contribution >= 4 is 17.2 Å². The van der Waals surface area contributed by atoms with Crippen LogP contribution in [0.15, 0.2) is 22.6 Å². The minimum absolute atomic E-state index is 0.0286. The van der Waals surface area contributed by atoms with Gasteiger partial charge in [0.2, 0.25) is 0 Å². The number of nitrogens with zero attached hydrogens (tertiary/aromatic N) is 1. The van der Waals surface area contributed by atoms with Crippen molar-refractivity contribution in [3.63, 3.8) is 0 Å². The van der Waals surface area contributed by atoms with Crippen LogP contribution in [-0.2, 0) is 11.0 Å². The summed E-state index contributed by atoms with van der Waals surface area (Å²) in [4.78, 5) is 0. The van der Waals surface area contributed by atoms with E-state index in [4.69, 9.17) is 0 Å². The second-order valence-electron chi connectivity index (χ2n) is 4.97. The smallest absolute Gasteiger partial charge is 0.395 e. The summed E-state index contributed by atoms with van der Waals surface area (Å²) in [6, 6.07) is 4.25. The Kier molecular flexibility index (Phi) is 3.34. The van der Waals surface area contributed by atoms with Crippen molar-refractivity contribution in [2.75, 3.05) is 0 Å². The third kappa shape index (κ3) is 3.28. The van der Waals surface area contributed by atoms with Gasteiger partial charge in [0.1, 0.15) is 11.0 Å². The minimum Gasteiger partial charge on any atom is -0.395 e. The van der Waals surface area contributed by atoms with Gasteiger partial charge in [-0.1, -0.05) is 0 Å². The van der Waals surface area contributed by atoms with E-state index in [9.17, 15) is 13.0 Å². The molecule has 0 unspecified atom stereocenters. The third-order valence-corrected chi connectivity index (χ3v) is 3.59. The van der Waals surface area contributed by atoms with E-state index in [1.54, 1.807) is 20.8 Å². The zero-order valence-electron chi connectivity index (χ0n) is 10.6. The maximum atomic E-state index is 12.8. The summed E-state index contributed by atoms with van der Waals surface area (Å²) in [7, 11) is -1.40. The fourth-order valence-electron chi connectivity index (χ4n) is 1.31. The van der Waals surface area contributed by atoms with Gasteiger partial charge in [0, 0.05) is 6.21 Å². The van der Waals surface area contributed by atoms with Crippen molar-refractivity contribution < 1.29 is 22.5 Å². The van der Waals surface area contributed by atoms with Crippen molar-refractivity contribution in [2.45, 2.75) is 31.8 Å². The zero-order valence-corrected chi connectivity index (χ0v) is 11.5. The molecule has 0 N–H and O–H groups in total. The Bertz CT molecular complexity index is 552. The highest BCUT2D eigenvalue weighted by molar-refractivity contribution is 7.85. The number of rotatable bonds is 2. The van der Waals surface area contributed by atoms with Gasteiger partial charge >= 0.3 is 6.29 Å². The fraction of sp³-hybridized carbons (Fsp3) is 0.417. The lowest BCUT2D eigenvalue weighted by molar-refractivity contribution is -0.286. The number of hydrogen-bond donors (Lipinski definition) is 0. The quantitative estimate of drug-likeness (QED) is 0.787. The van der Waals surface area contributed by atoms with Crippen LogP contribution in [0.4, 0.5) is 8.78 Å². The minimum atomic E-state index is -3.63. The van der Waals surface area contributed by atoms with E-state index in [1.165, 1.54) is 24.4 Å². The van der Waals surface area contributed by atoms with E-state index in [-0.39, 0.29) is 11.5 Å². The molecule has 104 valence electrons. The van der Waals surface area contributed by atoms with Gasteiger partial charge in [-0.05, 0) is 44.5 Å². The molecule has 0 bridgehead atoms. The van der Waals surface area contributed by atoms with E-state index in [0.717, 1.165) is 0 Å². The summed E-state index contributed by atoms with van der Waals surface area (Å²) in [5, 5.41) is 0. The Hall–Kier alpha value is -1.50. The predicted octanol–water partition coefficient (Wildman–Crippen LogP) is 2.89. The molecule has 1 heterocycles. The largest absolute Gasteiger partial charge is 0.586 e. The van der Waals surface area contributed by atoms with Gasteiger partial charge in [0.15, 0.2) is 11.5 Å². The van der Waals surface area contributed by atoms with E-state index >= 15 is 0 Å². The predicted molar refractivity (Wildman–Crippen MR) is 68.1 cm³/mol. The molecule has 0 aliphatic carbocycles. The molecule has 1 aliphatic heterocycles. The summed E-state index contributed by atoms with van der Waals surface area (Å²) in [6.07, 6.45) is -2.27. The van der Waals surface area contributed by atoms with Crippen molar-refractivity contribution in [2.24, 2.45) is 4.40 Å². The molecule has 1 aliphatic rings. The van der Waals surface area contributed by atoms with Gasteiger partial charge in [-0.15, -0.1) is 8.78 Å². The molecule has 2 rings (SSSR count). The molecular weight excluding hydrogens is 276 g/mol. The molecular formula is C12H13F2NO3S. The summed E-state index contributed by atoms with van der Waals surface area (Å²) in [5.74, 6) is -0.0883. The number of alkyl halides is 2. The summed E-state index contributed by atoms with van der Waals surface area (Å²) in [6.45, 7) is 5.38. The highest BCUT2D eigenvalue weighted by atomic mass is 32.2. The monoisotopic (exact) mass is 289 g/mol. The second-order valence-corrected chi connectivity index (χ2v) is 6.90. The molecule has 1 aromatic rings. The Morgan fingerprint density at radius 3 is 2.53 bits per heavy atom. The van der Waals surface area contributed by atoms with Crippen LogP contribution < -0.4 is 9.47 Å². The molecule has 1 aromatic carbocycles. The van der Waals surface area contributed by atoms with Crippen LogP contribution >= 0.6 is 0 Å². The maximum absolute atomic E-state index is 12.8. The van der Waals surface area contributed by atoms with Gasteiger partial charge in [-0.3, -0.25) is 0 Å². The topological polar surface area (TPSA) is 47.9 Å². The molecule has 1 atom stereocenters. The van der Waals surface area contributed by atoms with Crippen molar-refractivity contribution in [3.8, 4) is 11.5 Å². The number of ether oxygens (including phenoxy) is 2. The van der Waals surface area contributed by atoms with Crippen LogP contribution in [0.2, 0.25) is 0 Å². The standard InChI is InChI=1S/C12H13F2NO3S/c1-11(2,3)19(16)15-7-8-4-5-9-10(6-8)18-12(13,14)17-9/h4-7H,1-3H3/b15-7+/t19-/m1/s1. The fourth-order valence-corrected chi connectivity index (χ4v) is 1.85. The molecule has 7 heteroatoms. The highest BCUT2D eigenvalue weighted by Gasteiger charge is 2.43. The Morgan fingerprint density at radius 2 is 1.89 bits per heavy atom. The van der Waals surface area contributed by atoms with E-state index in [0.29, 0.717) is 5.56 Å². The normalized spacial score (nSPS) is 18.8. The average molecular weight is 289 g/mol. The van der Waals surface area contributed by atoms with Crippen molar-refractivity contribution in [1.82, 2.24) is 0 Å². The van der Waals surface area contributed by atoms with Crippen LogP contribution in [0, 0.1) is 0 Å². The molecule has 0 aromatic heterocycles. The first-order valence-corrected chi connectivity index (χ1v) is 6.64. The molecule has 0 amide bonds. The highest BCUT2D eigenvalue weighted by Crippen LogP contribution is 2.40. The lowest BCUT2D eigenvalue weighted by atomic mass is 10.2. The van der Waals surface area contributed by atoms with Crippen LogP contribution in [0.1, 0.15) is 26.3 Å². The van der Waals surface area contributed by atoms with Gasteiger partial charge in [0.25, 0.3) is 0 Å². The van der Waals surface area contributed by atoms with Crippen LogP contribution in [0.25, 0.3) is 0 Å².